The van der Waals surface area contributed by atoms with Gasteiger partial charge >= 0.3 is 12.4 Å². The summed E-state index contributed by atoms with van der Waals surface area (Å²) in [6, 6.07) is 9.32. The third-order valence-electron chi connectivity index (χ3n) is 3.85. The van der Waals surface area contributed by atoms with E-state index in [1.807, 2.05) is 0 Å². The number of hydrogen-bond acceptors (Lipinski definition) is 6. The van der Waals surface area contributed by atoms with E-state index >= 15 is 0 Å². The van der Waals surface area contributed by atoms with Crippen LogP contribution in [0.4, 0.5) is 37.2 Å². The van der Waals surface area contributed by atoms with Crippen LogP contribution >= 0.6 is 11.3 Å². The quantitative estimate of drug-likeness (QED) is 0.482. The van der Waals surface area contributed by atoms with E-state index in [4.69, 9.17) is 4.74 Å². The predicted molar refractivity (Wildman–Crippen MR) is 105 cm³/mol. The van der Waals surface area contributed by atoms with Gasteiger partial charge in [0, 0.05) is 11.3 Å². The second-order valence-corrected chi connectivity index (χ2v) is 7.28. The number of ether oxygens (including phenoxy) is 1. The topological polar surface area (TPSA) is 93.2 Å². The average molecular weight is 490 g/mol. The van der Waals surface area contributed by atoms with Gasteiger partial charge in [0.15, 0.2) is 6.61 Å². The highest BCUT2D eigenvalue weighted by molar-refractivity contribution is 7.15. The number of benzene rings is 2. The van der Waals surface area contributed by atoms with E-state index < -0.39 is 41.3 Å². The Morgan fingerprint density at radius 1 is 0.909 bits per heavy atom. The predicted octanol–water partition coefficient (Wildman–Crippen LogP) is 4.85. The third kappa shape index (κ3) is 6.65. The van der Waals surface area contributed by atoms with Gasteiger partial charge in [-0.05, 0) is 42.5 Å². The molecule has 0 fully saturated rings. The molecule has 0 aliphatic rings. The molecule has 0 radical (unpaired) electrons. The number of anilines is 2. The van der Waals surface area contributed by atoms with Crippen molar-refractivity contribution in [2.45, 2.75) is 12.4 Å². The van der Waals surface area contributed by atoms with Gasteiger partial charge < -0.3 is 10.1 Å². The van der Waals surface area contributed by atoms with Crippen molar-refractivity contribution < 1.29 is 40.7 Å². The molecule has 3 aromatic rings. The fourth-order valence-electron chi connectivity index (χ4n) is 2.38. The van der Waals surface area contributed by atoms with Crippen LogP contribution < -0.4 is 15.4 Å². The number of carbonyl (C=O) groups excluding carboxylic acids is 2. The normalized spacial score (nSPS) is 11.7. The zero-order valence-corrected chi connectivity index (χ0v) is 16.9. The molecule has 0 saturated carbocycles. The third-order valence-corrected chi connectivity index (χ3v) is 4.73. The van der Waals surface area contributed by atoms with Gasteiger partial charge in [0.05, 0.1) is 5.56 Å². The van der Waals surface area contributed by atoms with Crippen LogP contribution in [0.3, 0.4) is 0 Å². The summed E-state index contributed by atoms with van der Waals surface area (Å²) in [5.41, 5.74) is -0.909. The number of aromatic nitrogens is 2. The van der Waals surface area contributed by atoms with Crippen LogP contribution in [-0.2, 0) is 17.1 Å². The Kier molecular flexibility index (Phi) is 6.86. The number of nitrogens with one attached hydrogen (secondary N) is 2. The van der Waals surface area contributed by atoms with Gasteiger partial charge in [-0.25, -0.2) is 0 Å². The molecule has 3 rings (SSSR count). The van der Waals surface area contributed by atoms with E-state index in [9.17, 15) is 35.9 Å². The first-order valence-corrected chi connectivity index (χ1v) is 9.65. The van der Waals surface area contributed by atoms with Gasteiger partial charge in [-0.15, -0.1) is 10.2 Å². The first-order chi connectivity index (χ1) is 15.4. The van der Waals surface area contributed by atoms with Crippen molar-refractivity contribution in [1.82, 2.24) is 10.2 Å². The number of hydrogen-bond donors (Lipinski definition) is 2. The molecule has 1 aromatic heterocycles. The van der Waals surface area contributed by atoms with Gasteiger partial charge in [-0.3, -0.25) is 14.9 Å². The molecular weight excluding hydrogens is 478 g/mol. The summed E-state index contributed by atoms with van der Waals surface area (Å²) in [6.45, 7) is -0.521. The van der Waals surface area contributed by atoms with E-state index in [1.54, 1.807) is 0 Å². The van der Waals surface area contributed by atoms with Gasteiger partial charge in [0.2, 0.25) is 10.1 Å². The molecule has 0 unspecified atom stereocenters. The maximum absolute atomic E-state index is 12.7. The minimum atomic E-state index is -4.67. The van der Waals surface area contributed by atoms with Crippen LogP contribution in [0.5, 0.6) is 5.75 Å². The number of rotatable bonds is 6. The van der Waals surface area contributed by atoms with E-state index in [2.05, 4.69) is 20.8 Å². The van der Waals surface area contributed by atoms with Crippen LogP contribution in [0.2, 0.25) is 0 Å². The largest absolute Gasteiger partial charge is 0.484 e. The number of alkyl halides is 6. The molecule has 1 heterocycles. The van der Waals surface area contributed by atoms with Crippen molar-refractivity contribution in [2.75, 3.05) is 17.2 Å². The second kappa shape index (κ2) is 9.44. The summed E-state index contributed by atoms with van der Waals surface area (Å²) in [6.07, 6.45) is -9.23. The lowest BCUT2D eigenvalue weighted by molar-refractivity contribution is -0.138. The fourth-order valence-corrected chi connectivity index (χ4v) is 2.99. The lowest BCUT2D eigenvalue weighted by atomic mass is 10.2. The molecule has 0 spiro atoms. The Balaban J connectivity index is 1.52. The van der Waals surface area contributed by atoms with Crippen LogP contribution in [0, 0.1) is 0 Å². The highest BCUT2D eigenvalue weighted by atomic mass is 32.1. The maximum Gasteiger partial charge on any atom is 0.445 e. The van der Waals surface area contributed by atoms with Crippen LogP contribution in [-0.4, -0.2) is 28.6 Å². The molecule has 33 heavy (non-hydrogen) atoms. The average Bonchev–Trinajstić information content (AvgIpc) is 3.21. The lowest BCUT2D eigenvalue weighted by Crippen LogP contribution is -2.20. The number of amides is 2. The molecule has 2 amide bonds. The first-order valence-electron chi connectivity index (χ1n) is 8.84. The Bertz CT molecular complexity index is 1150. The van der Waals surface area contributed by atoms with Crippen molar-refractivity contribution >= 4 is 34.0 Å². The van der Waals surface area contributed by atoms with Crippen molar-refractivity contribution in [1.29, 1.82) is 0 Å². The van der Waals surface area contributed by atoms with Gasteiger partial charge in [0.25, 0.3) is 11.8 Å². The van der Waals surface area contributed by atoms with Crippen molar-refractivity contribution in [2.24, 2.45) is 0 Å². The molecule has 0 aliphatic carbocycles. The summed E-state index contributed by atoms with van der Waals surface area (Å²) in [7, 11) is 0. The van der Waals surface area contributed by atoms with Gasteiger partial charge in [0.1, 0.15) is 5.75 Å². The second-order valence-electron chi connectivity index (χ2n) is 6.30. The van der Waals surface area contributed by atoms with E-state index in [1.165, 1.54) is 30.3 Å². The fraction of sp³-hybridized carbons (Fsp3) is 0.158. The molecule has 174 valence electrons. The molecule has 14 heteroatoms. The highest BCUT2D eigenvalue weighted by Crippen LogP contribution is 2.33. The van der Waals surface area contributed by atoms with E-state index in [-0.39, 0.29) is 33.5 Å². The SMILES string of the molecule is O=C(COc1ccc(C(=O)Nc2nnc(C(F)(F)F)s2)cc1)Nc1cccc(C(F)(F)F)c1. The van der Waals surface area contributed by atoms with Crippen LogP contribution in [0.25, 0.3) is 0 Å². The Morgan fingerprint density at radius 3 is 2.21 bits per heavy atom. The molecule has 0 bridgehead atoms. The van der Waals surface area contributed by atoms with Crippen LogP contribution in [0.15, 0.2) is 48.5 Å². The zero-order chi connectivity index (χ0) is 24.2. The monoisotopic (exact) mass is 490 g/mol. The number of carbonyl (C=O) groups is 2. The van der Waals surface area contributed by atoms with E-state index in [0.29, 0.717) is 0 Å². The molecule has 0 saturated heterocycles. The lowest BCUT2D eigenvalue weighted by Gasteiger charge is -2.10. The Morgan fingerprint density at radius 2 is 1.61 bits per heavy atom. The standard InChI is InChI=1S/C19H12F6N4O3S/c20-18(21,22)11-2-1-3-12(8-11)26-14(30)9-32-13-6-4-10(5-7-13)15(31)27-17-29-28-16(33-17)19(23,24)25/h1-8H,9H2,(H,26,30)(H,27,29,31). The minimum absolute atomic E-state index is 0.0594. The smallest absolute Gasteiger partial charge is 0.445 e. The molecule has 0 aliphatic heterocycles. The van der Waals surface area contributed by atoms with E-state index in [0.717, 1.165) is 18.2 Å². The Hall–Kier alpha value is -3.68. The van der Waals surface area contributed by atoms with Crippen molar-refractivity contribution in [3.05, 3.63) is 64.7 Å². The summed E-state index contributed by atoms with van der Waals surface area (Å²) in [5.74, 6) is -1.29. The molecule has 2 aromatic carbocycles. The highest BCUT2D eigenvalue weighted by Gasteiger charge is 2.36. The van der Waals surface area contributed by atoms with Crippen molar-refractivity contribution in [3.63, 3.8) is 0 Å². The summed E-state index contributed by atoms with van der Waals surface area (Å²) in [5, 5.41) is 9.12. The van der Waals surface area contributed by atoms with Crippen molar-refractivity contribution in [3.8, 4) is 5.75 Å². The molecule has 2 N–H and O–H groups in total. The van der Waals surface area contributed by atoms with Crippen LogP contribution in [0.1, 0.15) is 20.9 Å². The first kappa shape index (κ1) is 24.0. The molecular formula is C19H12F6N4O3S. The zero-order valence-electron chi connectivity index (χ0n) is 16.1. The van der Waals surface area contributed by atoms with Gasteiger partial charge in [-0.2, -0.15) is 26.3 Å². The minimum Gasteiger partial charge on any atom is -0.484 e. The maximum atomic E-state index is 12.7. The Labute approximate surface area is 185 Å². The molecule has 0 atom stereocenters. The summed E-state index contributed by atoms with van der Waals surface area (Å²) < 4.78 is 81.0. The molecule has 7 nitrogen and oxygen atoms in total. The van der Waals surface area contributed by atoms with Gasteiger partial charge in [-0.1, -0.05) is 17.4 Å². The summed E-state index contributed by atoms with van der Waals surface area (Å²) >= 11 is 0.169. The number of halogens is 6. The number of nitrogens with zero attached hydrogens (tertiary/aromatic N) is 2. The summed E-state index contributed by atoms with van der Waals surface area (Å²) in [4.78, 5) is 24.0.